The largest absolute Gasteiger partial charge is 0.480 e. The van der Waals surface area contributed by atoms with Crippen LogP contribution in [0.25, 0.3) is 0 Å². The van der Waals surface area contributed by atoms with Gasteiger partial charge in [0.25, 0.3) is 0 Å². The second kappa shape index (κ2) is 5.38. The number of nitrogens with one attached hydrogen (secondary N) is 1. The Balaban J connectivity index is 2.38. The molecule has 1 aromatic rings. The van der Waals surface area contributed by atoms with E-state index in [-0.39, 0.29) is 10.6 Å². The van der Waals surface area contributed by atoms with Crippen molar-refractivity contribution >= 4 is 27.8 Å². The molecule has 1 saturated heterocycles. The van der Waals surface area contributed by atoms with Crippen LogP contribution in [0.15, 0.2) is 23.1 Å². The number of rotatable bonds is 4. The zero-order chi connectivity index (χ0) is 15.0. The molecule has 20 heavy (non-hydrogen) atoms. The lowest BCUT2D eigenvalue weighted by atomic mass is 10.0. The van der Waals surface area contributed by atoms with E-state index in [0.717, 1.165) is 11.1 Å². The van der Waals surface area contributed by atoms with Crippen LogP contribution >= 0.6 is 11.8 Å². The number of aliphatic carboxylic acids is 1. The van der Waals surface area contributed by atoms with Gasteiger partial charge in [-0.2, -0.15) is 16.5 Å². The molecule has 0 bridgehead atoms. The molecule has 2 N–H and O–H groups in total. The van der Waals surface area contributed by atoms with Crippen LogP contribution in [0.2, 0.25) is 0 Å². The lowest BCUT2D eigenvalue weighted by Crippen LogP contribution is -2.54. The highest BCUT2D eigenvalue weighted by Crippen LogP contribution is 2.30. The van der Waals surface area contributed by atoms with Crippen molar-refractivity contribution in [2.75, 3.05) is 11.5 Å². The Morgan fingerprint density at radius 1 is 1.30 bits per heavy atom. The molecule has 1 aliphatic heterocycles. The summed E-state index contributed by atoms with van der Waals surface area (Å²) < 4.78 is 27.2. The van der Waals surface area contributed by atoms with Crippen LogP contribution in [0.3, 0.4) is 0 Å². The highest BCUT2D eigenvalue weighted by Gasteiger charge is 2.45. The molecule has 1 heterocycles. The minimum atomic E-state index is -3.84. The van der Waals surface area contributed by atoms with E-state index in [1.54, 1.807) is 12.1 Å². The van der Waals surface area contributed by atoms with Gasteiger partial charge in [-0.3, -0.25) is 4.79 Å². The summed E-state index contributed by atoms with van der Waals surface area (Å²) in [4.78, 5) is 11.5. The molecule has 110 valence electrons. The smallest absolute Gasteiger partial charge is 0.325 e. The first kappa shape index (κ1) is 15.3. The summed E-state index contributed by atoms with van der Waals surface area (Å²) >= 11 is 1.44. The fourth-order valence-electron chi connectivity index (χ4n) is 2.26. The van der Waals surface area contributed by atoms with E-state index in [1.165, 1.54) is 11.8 Å². The maximum Gasteiger partial charge on any atom is 0.325 e. The summed E-state index contributed by atoms with van der Waals surface area (Å²) in [6.07, 6.45) is 0.303. The quantitative estimate of drug-likeness (QED) is 0.880. The van der Waals surface area contributed by atoms with Crippen molar-refractivity contribution in [2.45, 2.75) is 30.7 Å². The number of hydrogen-bond donors (Lipinski definition) is 2. The van der Waals surface area contributed by atoms with Gasteiger partial charge in [-0.05, 0) is 49.3 Å². The van der Waals surface area contributed by atoms with Crippen molar-refractivity contribution in [1.82, 2.24) is 4.72 Å². The number of carboxylic acids is 1. The minimum absolute atomic E-state index is 0.118. The van der Waals surface area contributed by atoms with Gasteiger partial charge in [0.15, 0.2) is 0 Å². The second-order valence-corrected chi connectivity index (χ2v) is 7.91. The van der Waals surface area contributed by atoms with E-state index in [0.29, 0.717) is 12.2 Å². The van der Waals surface area contributed by atoms with Crippen molar-refractivity contribution < 1.29 is 18.3 Å². The summed E-state index contributed by atoms with van der Waals surface area (Å²) in [7, 11) is -3.84. The lowest BCUT2D eigenvalue weighted by Gasteiger charge is -2.24. The summed E-state index contributed by atoms with van der Waals surface area (Å²) in [5.74, 6) is -0.218. The van der Waals surface area contributed by atoms with Crippen LogP contribution in [0.1, 0.15) is 17.5 Å². The van der Waals surface area contributed by atoms with Gasteiger partial charge in [0.1, 0.15) is 5.54 Å². The highest BCUT2D eigenvalue weighted by molar-refractivity contribution is 7.99. The van der Waals surface area contributed by atoms with Gasteiger partial charge >= 0.3 is 5.97 Å². The molecule has 0 radical (unpaired) electrons. The summed E-state index contributed by atoms with van der Waals surface area (Å²) in [5, 5.41) is 9.34. The van der Waals surface area contributed by atoms with Gasteiger partial charge in [-0.25, -0.2) is 8.42 Å². The van der Waals surface area contributed by atoms with E-state index in [9.17, 15) is 18.3 Å². The van der Waals surface area contributed by atoms with Crippen LogP contribution < -0.4 is 4.72 Å². The first-order valence-electron chi connectivity index (χ1n) is 6.19. The average molecular weight is 315 g/mol. The van der Waals surface area contributed by atoms with Gasteiger partial charge < -0.3 is 5.11 Å². The van der Waals surface area contributed by atoms with Gasteiger partial charge in [0.2, 0.25) is 10.0 Å². The highest BCUT2D eigenvalue weighted by atomic mass is 32.2. The molecular formula is C13H17NO4S2. The predicted octanol–water partition coefficient (Wildman–Crippen LogP) is 1.54. The zero-order valence-corrected chi connectivity index (χ0v) is 13.0. The standard InChI is InChI=1S/C13H17NO4S2/c1-9-5-10(2)7-11(6-9)20(17,18)14-13(12(15)16)3-4-19-8-13/h5-7,14H,3-4,8H2,1-2H3,(H,15,16). The van der Waals surface area contributed by atoms with Crippen LogP contribution in [0.4, 0.5) is 0 Å². The molecule has 1 atom stereocenters. The SMILES string of the molecule is Cc1cc(C)cc(S(=O)(=O)NC2(C(=O)O)CCSC2)c1. The van der Waals surface area contributed by atoms with Crippen molar-refractivity contribution in [3.63, 3.8) is 0 Å². The number of benzene rings is 1. The molecule has 1 aliphatic rings. The Morgan fingerprint density at radius 3 is 2.35 bits per heavy atom. The lowest BCUT2D eigenvalue weighted by molar-refractivity contribution is -0.142. The third-order valence-electron chi connectivity index (χ3n) is 3.27. The number of carbonyl (C=O) groups is 1. The Kier molecular flexibility index (Phi) is 4.13. The predicted molar refractivity (Wildman–Crippen MR) is 78.5 cm³/mol. The van der Waals surface area contributed by atoms with Crippen molar-refractivity contribution in [3.8, 4) is 0 Å². The van der Waals surface area contributed by atoms with E-state index in [1.807, 2.05) is 19.9 Å². The second-order valence-electron chi connectivity index (χ2n) is 5.12. The first-order valence-corrected chi connectivity index (χ1v) is 8.82. The molecule has 0 aliphatic carbocycles. The minimum Gasteiger partial charge on any atom is -0.480 e. The van der Waals surface area contributed by atoms with E-state index >= 15 is 0 Å². The number of thioether (sulfide) groups is 1. The van der Waals surface area contributed by atoms with Crippen LogP contribution in [0, 0.1) is 13.8 Å². The van der Waals surface area contributed by atoms with Crippen LogP contribution in [0.5, 0.6) is 0 Å². The van der Waals surface area contributed by atoms with E-state index < -0.39 is 21.5 Å². The van der Waals surface area contributed by atoms with Crippen LogP contribution in [-0.4, -0.2) is 36.5 Å². The monoisotopic (exact) mass is 315 g/mol. The van der Waals surface area contributed by atoms with Crippen molar-refractivity contribution in [1.29, 1.82) is 0 Å². The first-order chi connectivity index (χ1) is 9.25. The maximum atomic E-state index is 12.4. The average Bonchev–Trinajstić information content (AvgIpc) is 2.76. The molecule has 1 unspecified atom stereocenters. The number of carboxylic acid groups (broad SMARTS) is 1. The Morgan fingerprint density at radius 2 is 1.90 bits per heavy atom. The maximum absolute atomic E-state index is 12.4. The molecule has 5 nitrogen and oxygen atoms in total. The molecule has 0 saturated carbocycles. The van der Waals surface area contributed by atoms with Gasteiger partial charge in [-0.1, -0.05) is 6.07 Å². The normalized spacial score (nSPS) is 22.9. The molecule has 0 spiro atoms. The molecular weight excluding hydrogens is 298 g/mol. The van der Waals surface area contributed by atoms with E-state index in [2.05, 4.69) is 4.72 Å². The zero-order valence-electron chi connectivity index (χ0n) is 11.3. The van der Waals surface area contributed by atoms with Gasteiger partial charge in [0, 0.05) is 5.75 Å². The number of aryl methyl sites for hydroxylation is 2. The summed E-state index contributed by atoms with van der Waals surface area (Å²) in [6, 6.07) is 4.97. The molecule has 0 aromatic heterocycles. The topological polar surface area (TPSA) is 83.5 Å². The van der Waals surface area contributed by atoms with Crippen molar-refractivity contribution in [2.24, 2.45) is 0 Å². The number of sulfonamides is 1. The van der Waals surface area contributed by atoms with Gasteiger partial charge in [0.05, 0.1) is 4.90 Å². The molecule has 2 rings (SSSR count). The fraction of sp³-hybridized carbons (Fsp3) is 0.462. The van der Waals surface area contributed by atoms with E-state index in [4.69, 9.17) is 0 Å². The molecule has 0 amide bonds. The Bertz CT molecular complexity index is 614. The van der Waals surface area contributed by atoms with Crippen LogP contribution in [-0.2, 0) is 14.8 Å². The Hall–Kier alpha value is -1.05. The fourth-order valence-corrected chi connectivity index (χ4v) is 5.25. The third kappa shape index (κ3) is 2.99. The number of hydrogen-bond acceptors (Lipinski definition) is 4. The molecule has 1 fully saturated rings. The van der Waals surface area contributed by atoms with Gasteiger partial charge in [-0.15, -0.1) is 0 Å². The Labute approximate surface area is 122 Å². The van der Waals surface area contributed by atoms with Crippen molar-refractivity contribution in [3.05, 3.63) is 29.3 Å². The molecule has 1 aromatic carbocycles. The summed E-state index contributed by atoms with van der Waals surface area (Å²) in [6.45, 7) is 3.62. The molecule has 7 heteroatoms. The summed E-state index contributed by atoms with van der Waals surface area (Å²) in [5.41, 5.74) is 0.271. The third-order valence-corrected chi connectivity index (χ3v) is 5.97.